The van der Waals surface area contributed by atoms with Gasteiger partial charge in [-0.2, -0.15) is 0 Å². The summed E-state index contributed by atoms with van der Waals surface area (Å²) < 4.78 is 11.9. The van der Waals surface area contributed by atoms with Gasteiger partial charge in [-0.15, -0.1) is 0 Å². The van der Waals surface area contributed by atoms with Crippen molar-refractivity contribution in [3.63, 3.8) is 0 Å². The van der Waals surface area contributed by atoms with Gasteiger partial charge in [-0.3, -0.25) is 9.78 Å². The van der Waals surface area contributed by atoms with E-state index in [1.165, 1.54) is 0 Å². The Morgan fingerprint density at radius 2 is 1.89 bits per heavy atom. The lowest BCUT2D eigenvalue weighted by molar-refractivity contribution is 0.00578. The number of carbonyl (C=O) groups excluding carboxylic acids is 1. The number of nitrogens with zero attached hydrogens (tertiary/aromatic N) is 1. The minimum atomic E-state index is -0.476. The van der Waals surface area contributed by atoms with Gasteiger partial charge in [-0.05, 0) is 33.8 Å². The molecule has 0 radical (unpaired) electrons. The van der Waals surface area contributed by atoms with Crippen molar-refractivity contribution in [3.8, 4) is 0 Å². The normalized spacial score (nSPS) is 23.4. The molecule has 0 aromatic carbocycles. The second kappa shape index (κ2) is 3.80. The summed E-state index contributed by atoms with van der Waals surface area (Å²) in [6.07, 6.45) is 1.72. The fraction of sp³-hybridized carbons (Fsp3) is 0.538. The van der Waals surface area contributed by atoms with E-state index in [1.807, 2.05) is 33.8 Å². The molecule has 6 heteroatoms. The van der Waals surface area contributed by atoms with Crippen LogP contribution in [0.3, 0.4) is 0 Å². The number of nitrogens with one attached hydrogen (secondary N) is 1. The fourth-order valence-corrected chi connectivity index (χ4v) is 2.21. The molecule has 0 unspecified atom stereocenters. The zero-order chi connectivity index (χ0) is 13.8. The summed E-state index contributed by atoms with van der Waals surface area (Å²) in [7, 11) is -0.476. The Morgan fingerprint density at radius 1 is 1.26 bits per heavy atom. The molecule has 1 saturated heterocycles. The van der Waals surface area contributed by atoms with E-state index < -0.39 is 7.12 Å². The lowest BCUT2D eigenvalue weighted by Gasteiger charge is -2.32. The highest BCUT2D eigenvalue weighted by Gasteiger charge is 2.52. The Hall–Kier alpha value is -1.40. The summed E-state index contributed by atoms with van der Waals surface area (Å²) in [5.74, 6) is -0.0825. The van der Waals surface area contributed by atoms with Crippen molar-refractivity contribution in [2.45, 2.75) is 45.4 Å². The van der Waals surface area contributed by atoms with Gasteiger partial charge >= 0.3 is 7.12 Å². The summed E-state index contributed by atoms with van der Waals surface area (Å²) in [5.41, 5.74) is 1.41. The Balaban J connectivity index is 1.93. The van der Waals surface area contributed by atoms with Crippen LogP contribution in [-0.4, -0.2) is 29.2 Å². The van der Waals surface area contributed by atoms with E-state index >= 15 is 0 Å². The van der Waals surface area contributed by atoms with Crippen LogP contribution < -0.4 is 10.8 Å². The molecule has 1 fully saturated rings. The summed E-state index contributed by atoms with van der Waals surface area (Å²) in [4.78, 5) is 16.0. The molecule has 19 heavy (non-hydrogen) atoms. The SMILES string of the molecule is CC1(C)OB(c2cnc3c(c2)C(=O)NC3)OC1(C)C. The standard InChI is InChI=1S/C13H17BN2O3/c1-12(2)13(3,4)19-14(18-12)8-5-9-10(15-6-8)7-16-11(9)17/h5-6H,7H2,1-4H3,(H,16,17). The van der Waals surface area contributed by atoms with Gasteiger partial charge in [0.05, 0.1) is 29.0 Å². The fourth-order valence-electron chi connectivity index (χ4n) is 2.21. The van der Waals surface area contributed by atoms with Crippen LogP contribution in [0.5, 0.6) is 0 Å². The molecule has 0 atom stereocenters. The van der Waals surface area contributed by atoms with Gasteiger partial charge in [0.25, 0.3) is 5.91 Å². The zero-order valence-corrected chi connectivity index (χ0v) is 11.6. The number of rotatable bonds is 1. The lowest BCUT2D eigenvalue weighted by Crippen LogP contribution is -2.41. The maximum atomic E-state index is 11.7. The lowest BCUT2D eigenvalue weighted by atomic mass is 9.79. The second-order valence-corrected chi connectivity index (χ2v) is 6.03. The third kappa shape index (κ3) is 1.86. The molecule has 100 valence electrons. The predicted octanol–water partition coefficient (Wildman–Crippen LogP) is 0.624. The molecule has 0 bridgehead atoms. The van der Waals surface area contributed by atoms with Crippen LogP contribution in [0.1, 0.15) is 43.7 Å². The second-order valence-electron chi connectivity index (χ2n) is 6.03. The number of carbonyl (C=O) groups is 1. The monoisotopic (exact) mass is 260 g/mol. The van der Waals surface area contributed by atoms with Crippen molar-refractivity contribution in [2.75, 3.05) is 0 Å². The van der Waals surface area contributed by atoms with Crippen molar-refractivity contribution in [2.24, 2.45) is 0 Å². The molecule has 1 N–H and O–H groups in total. The van der Waals surface area contributed by atoms with Gasteiger partial charge in [0.2, 0.25) is 0 Å². The zero-order valence-electron chi connectivity index (χ0n) is 11.6. The van der Waals surface area contributed by atoms with Crippen molar-refractivity contribution < 1.29 is 14.1 Å². The van der Waals surface area contributed by atoms with Crippen LogP contribution in [0.25, 0.3) is 0 Å². The number of fused-ring (bicyclic) bond motifs is 1. The summed E-state index contributed by atoms with van der Waals surface area (Å²) in [6.45, 7) is 8.50. The van der Waals surface area contributed by atoms with E-state index in [0.717, 1.165) is 11.2 Å². The summed E-state index contributed by atoms with van der Waals surface area (Å²) in [5, 5.41) is 2.75. The highest BCUT2D eigenvalue weighted by molar-refractivity contribution is 6.62. The molecule has 5 nitrogen and oxygen atoms in total. The Labute approximate surface area is 112 Å². The van der Waals surface area contributed by atoms with Gasteiger partial charge in [0.15, 0.2) is 0 Å². The molecular formula is C13H17BN2O3. The minimum absolute atomic E-state index is 0.0825. The van der Waals surface area contributed by atoms with Gasteiger partial charge < -0.3 is 14.6 Å². The van der Waals surface area contributed by atoms with E-state index in [1.54, 1.807) is 6.20 Å². The molecule has 3 heterocycles. The van der Waals surface area contributed by atoms with Crippen molar-refractivity contribution in [1.82, 2.24) is 10.3 Å². The third-order valence-electron chi connectivity index (χ3n) is 4.18. The van der Waals surface area contributed by atoms with Crippen LogP contribution in [0.4, 0.5) is 0 Å². The van der Waals surface area contributed by atoms with Crippen molar-refractivity contribution >= 4 is 18.5 Å². The highest BCUT2D eigenvalue weighted by atomic mass is 16.7. The smallest absolute Gasteiger partial charge is 0.399 e. The average Bonchev–Trinajstić information content (AvgIpc) is 2.78. The highest BCUT2D eigenvalue weighted by Crippen LogP contribution is 2.36. The third-order valence-corrected chi connectivity index (χ3v) is 4.18. The van der Waals surface area contributed by atoms with E-state index in [-0.39, 0.29) is 17.1 Å². The van der Waals surface area contributed by atoms with Gasteiger partial charge in [-0.1, -0.05) is 0 Å². The average molecular weight is 260 g/mol. The number of pyridine rings is 1. The number of hydrogen-bond acceptors (Lipinski definition) is 4. The molecule has 1 aromatic rings. The molecule has 1 aromatic heterocycles. The van der Waals surface area contributed by atoms with Crippen LogP contribution in [0, 0.1) is 0 Å². The van der Waals surface area contributed by atoms with E-state index in [4.69, 9.17) is 9.31 Å². The molecule has 1 amide bonds. The van der Waals surface area contributed by atoms with Gasteiger partial charge in [-0.25, -0.2) is 0 Å². The minimum Gasteiger partial charge on any atom is -0.399 e. The molecule has 0 saturated carbocycles. The van der Waals surface area contributed by atoms with Crippen LogP contribution >= 0.6 is 0 Å². The maximum Gasteiger partial charge on any atom is 0.496 e. The first kappa shape index (κ1) is 12.6. The van der Waals surface area contributed by atoms with Crippen LogP contribution in [0.15, 0.2) is 12.3 Å². The van der Waals surface area contributed by atoms with E-state index in [9.17, 15) is 4.79 Å². The molecule has 0 aliphatic carbocycles. The number of amides is 1. The first-order chi connectivity index (χ1) is 8.80. The largest absolute Gasteiger partial charge is 0.496 e. The summed E-state index contributed by atoms with van der Waals surface area (Å²) >= 11 is 0. The van der Waals surface area contributed by atoms with Gasteiger partial charge in [0, 0.05) is 11.7 Å². The first-order valence-electron chi connectivity index (χ1n) is 6.43. The number of hydrogen-bond donors (Lipinski definition) is 1. The predicted molar refractivity (Wildman–Crippen MR) is 71.1 cm³/mol. The molecule has 3 rings (SSSR count). The van der Waals surface area contributed by atoms with Crippen molar-refractivity contribution in [3.05, 3.63) is 23.5 Å². The molecule has 0 spiro atoms. The molecule has 2 aliphatic heterocycles. The quantitative estimate of drug-likeness (QED) is 0.752. The summed E-state index contributed by atoms with van der Waals surface area (Å²) in [6, 6.07) is 1.81. The first-order valence-corrected chi connectivity index (χ1v) is 6.43. The van der Waals surface area contributed by atoms with Crippen molar-refractivity contribution in [1.29, 1.82) is 0 Å². The Morgan fingerprint density at radius 3 is 2.53 bits per heavy atom. The van der Waals surface area contributed by atoms with Gasteiger partial charge in [0.1, 0.15) is 0 Å². The maximum absolute atomic E-state index is 11.7. The number of aromatic nitrogens is 1. The van der Waals surface area contributed by atoms with E-state index in [2.05, 4.69) is 10.3 Å². The molecule has 2 aliphatic rings. The van der Waals surface area contributed by atoms with Crippen LogP contribution in [-0.2, 0) is 15.9 Å². The molecular weight excluding hydrogens is 243 g/mol. The van der Waals surface area contributed by atoms with E-state index in [0.29, 0.717) is 12.1 Å². The Bertz CT molecular complexity index is 541. The van der Waals surface area contributed by atoms with Crippen LogP contribution in [0.2, 0.25) is 0 Å². The topological polar surface area (TPSA) is 60.5 Å². The Kier molecular flexibility index (Phi) is 2.53.